The fourth-order valence-corrected chi connectivity index (χ4v) is 3.89. The molecule has 1 aliphatic rings. The van der Waals surface area contributed by atoms with Crippen LogP contribution in [-0.4, -0.2) is 53.7 Å². The first kappa shape index (κ1) is 22.1. The number of fused-ring (bicyclic) bond motifs is 1. The van der Waals surface area contributed by atoms with E-state index in [4.69, 9.17) is 15.2 Å². The Bertz CT molecular complexity index is 979. The fraction of sp³-hybridized carbons (Fsp3) is 0.318. The van der Waals surface area contributed by atoms with Gasteiger partial charge in [-0.15, -0.1) is 0 Å². The number of methoxy groups -OCH3 is 1. The molecule has 31 heavy (non-hydrogen) atoms. The third-order valence-corrected chi connectivity index (χ3v) is 5.23. The lowest BCUT2D eigenvalue weighted by molar-refractivity contribution is -0.150. The summed E-state index contributed by atoms with van der Waals surface area (Å²) in [4.78, 5) is 38.0. The normalized spacial score (nSPS) is 15.9. The highest BCUT2D eigenvalue weighted by molar-refractivity contribution is 6.04. The minimum atomic E-state index is -0.977. The van der Waals surface area contributed by atoms with Gasteiger partial charge in [0.05, 0.1) is 26.3 Å². The quantitative estimate of drug-likeness (QED) is 0.340. The first-order valence-electron chi connectivity index (χ1n) is 9.85. The van der Waals surface area contributed by atoms with E-state index in [-0.39, 0.29) is 25.3 Å². The number of carbonyl (C=O) groups is 3. The van der Waals surface area contributed by atoms with Gasteiger partial charge in [0.1, 0.15) is 6.04 Å². The van der Waals surface area contributed by atoms with Crippen LogP contribution in [0.4, 0.5) is 0 Å². The van der Waals surface area contributed by atoms with Gasteiger partial charge in [-0.3, -0.25) is 19.6 Å². The number of hydroxylamine groups is 2. The zero-order valence-electron chi connectivity index (χ0n) is 17.4. The number of hydrogen-bond donors (Lipinski definition) is 2. The van der Waals surface area contributed by atoms with E-state index < -0.39 is 18.0 Å². The minimum Gasteiger partial charge on any atom is -0.493 e. The van der Waals surface area contributed by atoms with Crippen LogP contribution in [0.1, 0.15) is 46.9 Å². The molecule has 0 aromatic heterocycles. The molecule has 2 aromatic rings. The molecular weight excluding hydrogens is 402 g/mol. The van der Waals surface area contributed by atoms with Crippen molar-refractivity contribution in [3.05, 3.63) is 59.2 Å². The highest BCUT2D eigenvalue weighted by Gasteiger charge is 2.44. The first-order chi connectivity index (χ1) is 14.9. The van der Waals surface area contributed by atoms with Gasteiger partial charge in [-0.1, -0.05) is 24.3 Å². The topological polar surface area (TPSA) is 122 Å². The predicted molar refractivity (Wildman–Crippen MR) is 111 cm³/mol. The third-order valence-electron chi connectivity index (χ3n) is 5.23. The van der Waals surface area contributed by atoms with Crippen LogP contribution in [0.2, 0.25) is 0 Å². The molecule has 3 rings (SSSR count). The number of rotatable bonds is 10. The predicted octanol–water partition coefficient (Wildman–Crippen LogP) is 2.06. The molecule has 2 unspecified atom stereocenters. The maximum atomic E-state index is 13.3. The fourth-order valence-electron chi connectivity index (χ4n) is 3.89. The number of primary amides is 1. The second-order valence-electron chi connectivity index (χ2n) is 7.02. The van der Waals surface area contributed by atoms with E-state index in [9.17, 15) is 19.6 Å². The molecule has 0 saturated heterocycles. The lowest BCUT2D eigenvalue weighted by Crippen LogP contribution is -2.40. The summed E-state index contributed by atoms with van der Waals surface area (Å²) in [6.07, 6.45) is 0.444. The maximum absolute atomic E-state index is 13.3. The Labute approximate surface area is 179 Å². The van der Waals surface area contributed by atoms with Gasteiger partial charge < -0.3 is 20.1 Å². The molecule has 3 N–H and O–H groups in total. The Balaban J connectivity index is 2.09. The molecule has 0 aliphatic carbocycles. The van der Waals surface area contributed by atoms with Crippen molar-refractivity contribution in [1.82, 2.24) is 9.96 Å². The zero-order chi connectivity index (χ0) is 22.5. The van der Waals surface area contributed by atoms with Crippen molar-refractivity contribution >= 4 is 18.2 Å². The number of nitrogens with two attached hydrogens (primary N) is 1. The molecule has 0 saturated carbocycles. The smallest absolute Gasteiger partial charge is 0.255 e. The standard InChI is InChI=1S/C22H25N3O6/c1-3-31-19-12-14(8-9-18(19)30-2)17(10-11-24(29)13-26)25-20(21(23)27)15-6-4-5-7-16(15)22(25)28/h4-9,12-13,17,20,29H,3,10-11H2,1-2H3,(H2,23,27). The van der Waals surface area contributed by atoms with Crippen molar-refractivity contribution < 1.29 is 29.1 Å². The number of benzene rings is 2. The highest BCUT2D eigenvalue weighted by atomic mass is 16.5. The molecule has 1 aliphatic heterocycles. The summed E-state index contributed by atoms with van der Waals surface area (Å²) >= 11 is 0. The van der Waals surface area contributed by atoms with Crippen molar-refractivity contribution in [3.8, 4) is 11.5 Å². The average Bonchev–Trinajstić information content (AvgIpc) is 3.07. The first-order valence-corrected chi connectivity index (χ1v) is 9.85. The molecule has 0 fully saturated rings. The largest absolute Gasteiger partial charge is 0.493 e. The van der Waals surface area contributed by atoms with E-state index in [1.807, 2.05) is 6.92 Å². The summed E-state index contributed by atoms with van der Waals surface area (Å²) in [5.74, 6) is -0.0288. The van der Waals surface area contributed by atoms with E-state index in [0.29, 0.717) is 39.9 Å². The monoisotopic (exact) mass is 427 g/mol. The van der Waals surface area contributed by atoms with Crippen molar-refractivity contribution in [2.45, 2.75) is 25.4 Å². The lowest BCUT2D eigenvalue weighted by atomic mass is 9.98. The lowest BCUT2D eigenvalue weighted by Gasteiger charge is -2.33. The third kappa shape index (κ3) is 4.31. The second-order valence-corrected chi connectivity index (χ2v) is 7.02. The Kier molecular flexibility index (Phi) is 6.76. The average molecular weight is 427 g/mol. The number of carbonyl (C=O) groups excluding carboxylic acids is 3. The molecule has 2 aromatic carbocycles. The minimum absolute atomic E-state index is 0.0598. The van der Waals surface area contributed by atoms with Gasteiger partial charge in [-0.05, 0) is 42.7 Å². The molecule has 1 heterocycles. The summed E-state index contributed by atoms with van der Waals surface area (Å²) in [6.45, 7) is 2.18. The van der Waals surface area contributed by atoms with E-state index in [1.165, 1.54) is 12.0 Å². The molecule has 0 radical (unpaired) electrons. The zero-order valence-corrected chi connectivity index (χ0v) is 17.4. The maximum Gasteiger partial charge on any atom is 0.255 e. The summed E-state index contributed by atoms with van der Waals surface area (Å²) in [5, 5.41) is 10.2. The van der Waals surface area contributed by atoms with Gasteiger partial charge in [0.2, 0.25) is 12.3 Å². The van der Waals surface area contributed by atoms with Crippen LogP contribution in [0.5, 0.6) is 11.5 Å². The van der Waals surface area contributed by atoms with Crippen LogP contribution in [0.15, 0.2) is 42.5 Å². The van der Waals surface area contributed by atoms with Gasteiger partial charge in [-0.25, -0.2) is 5.06 Å². The number of hydrogen-bond acceptors (Lipinski definition) is 6. The van der Waals surface area contributed by atoms with Crippen molar-refractivity contribution in [2.75, 3.05) is 20.3 Å². The number of ether oxygens (including phenoxy) is 2. The highest BCUT2D eigenvalue weighted by Crippen LogP contribution is 2.42. The van der Waals surface area contributed by atoms with E-state index in [0.717, 1.165) is 0 Å². The van der Waals surface area contributed by atoms with Gasteiger partial charge >= 0.3 is 0 Å². The molecule has 3 amide bonds. The van der Waals surface area contributed by atoms with E-state index >= 15 is 0 Å². The molecular formula is C22H25N3O6. The Morgan fingerprint density at radius 2 is 2.03 bits per heavy atom. The van der Waals surface area contributed by atoms with Crippen molar-refractivity contribution in [2.24, 2.45) is 5.73 Å². The Morgan fingerprint density at radius 3 is 2.68 bits per heavy atom. The Hall–Kier alpha value is -3.59. The summed E-state index contributed by atoms with van der Waals surface area (Å²) in [6, 6.07) is 10.3. The summed E-state index contributed by atoms with van der Waals surface area (Å²) in [5.41, 5.74) is 7.26. The van der Waals surface area contributed by atoms with Gasteiger partial charge in [0.15, 0.2) is 11.5 Å². The van der Waals surface area contributed by atoms with Crippen LogP contribution >= 0.6 is 0 Å². The van der Waals surface area contributed by atoms with Gasteiger partial charge in [0.25, 0.3) is 5.91 Å². The van der Waals surface area contributed by atoms with Crippen molar-refractivity contribution in [3.63, 3.8) is 0 Å². The summed E-state index contributed by atoms with van der Waals surface area (Å²) < 4.78 is 11.0. The van der Waals surface area contributed by atoms with Gasteiger partial charge in [0, 0.05) is 5.56 Å². The molecule has 2 atom stereocenters. The molecule has 9 nitrogen and oxygen atoms in total. The van der Waals surface area contributed by atoms with Crippen molar-refractivity contribution in [1.29, 1.82) is 0 Å². The number of nitrogens with zero attached hydrogens (tertiary/aromatic N) is 2. The molecule has 164 valence electrons. The van der Waals surface area contributed by atoms with Crippen LogP contribution in [0.3, 0.4) is 0 Å². The molecule has 9 heteroatoms. The Morgan fingerprint density at radius 1 is 1.29 bits per heavy atom. The molecule has 0 spiro atoms. The van der Waals surface area contributed by atoms with Gasteiger partial charge in [-0.2, -0.15) is 0 Å². The van der Waals surface area contributed by atoms with E-state index in [2.05, 4.69) is 0 Å². The van der Waals surface area contributed by atoms with Crippen LogP contribution in [-0.2, 0) is 9.59 Å². The van der Waals surface area contributed by atoms with Crippen LogP contribution < -0.4 is 15.2 Å². The molecule has 0 bridgehead atoms. The van der Waals surface area contributed by atoms with E-state index in [1.54, 1.807) is 42.5 Å². The summed E-state index contributed by atoms with van der Waals surface area (Å²) in [7, 11) is 1.52. The SMILES string of the molecule is CCOc1cc(C(CCN(O)C=O)N2C(=O)c3ccccc3C2C(N)=O)ccc1OC. The second kappa shape index (κ2) is 9.48. The number of amides is 3. The van der Waals surface area contributed by atoms with Crippen LogP contribution in [0.25, 0.3) is 0 Å². The van der Waals surface area contributed by atoms with Crippen LogP contribution in [0, 0.1) is 0 Å².